The van der Waals surface area contributed by atoms with Crippen molar-refractivity contribution in [3.63, 3.8) is 0 Å². The Morgan fingerprint density at radius 1 is 1.23 bits per heavy atom. The van der Waals surface area contributed by atoms with Gasteiger partial charge in [0, 0.05) is 29.8 Å². The van der Waals surface area contributed by atoms with Crippen LogP contribution in [0.5, 0.6) is 0 Å². The molecule has 1 aromatic carbocycles. The summed E-state index contributed by atoms with van der Waals surface area (Å²) in [5.74, 6) is -0.0462. The minimum Gasteiger partial charge on any atom is -0.373 e. The Bertz CT molecular complexity index is 866. The van der Waals surface area contributed by atoms with Gasteiger partial charge in [0.1, 0.15) is 0 Å². The Kier molecular flexibility index (Phi) is 5.13. The number of hydrogen-bond acceptors (Lipinski definition) is 4. The lowest BCUT2D eigenvalue weighted by molar-refractivity contribution is 0.0955. The summed E-state index contributed by atoms with van der Waals surface area (Å²) < 4.78 is 7.57. The molecular weight excluding hydrogens is 346 g/mol. The van der Waals surface area contributed by atoms with E-state index < -0.39 is 0 Å². The smallest absolute Gasteiger partial charge is 0.261 e. The predicted molar refractivity (Wildman–Crippen MR) is 101 cm³/mol. The molecule has 0 aliphatic carbocycles. The van der Waals surface area contributed by atoms with E-state index in [4.69, 9.17) is 4.74 Å². The van der Waals surface area contributed by atoms with Crippen molar-refractivity contribution in [2.24, 2.45) is 0 Å². The quantitative estimate of drug-likeness (QED) is 0.721. The zero-order valence-corrected chi connectivity index (χ0v) is 15.2. The zero-order valence-electron chi connectivity index (χ0n) is 14.4. The molecule has 0 bridgehead atoms. The van der Waals surface area contributed by atoms with Gasteiger partial charge in [-0.1, -0.05) is 30.3 Å². The molecule has 0 spiro atoms. The van der Waals surface area contributed by atoms with Crippen LogP contribution in [-0.4, -0.2) is 22.3 Å². The number of rotatable bonds is 6. The van der Waals surface area contributed by atoms with Crippen LogP contribution in [0.15, 0.2) is 54.9 Å². The predicted octanol–water partition coefficient (Wildman–Crippen LogP) is 3.77. The topological polar surface area (TPSA) is 56.2 Å². The number of amides is 1. The first-order valence-electron chi connectivity index (χ1n) is 8.83. The van der Waals surface area contributed by atoms with Gasteiger partial charge in [-0.25, -0.2) is 0 Å². The standard InChI is InChI=1S/C20H21N3O2S/c24-20(19-9-8-18(26-19)17-7-4-10-25-17)21-11-16-12-22-23(14-16)13-15-5-2-1-3-6-15/h1-3,5-6,8-9,12,14,17H,4,7,10-11,13H2,(H,21,24). The van der Waals surface area contributed by atoms with Crippen LogP contribution >= 0.6 is 11.3 Å². The van der Waals surface area contributed by atoms with E-state index in [1.54, 1.807) is 6.20 Å². The van der Waals surface area contributed by atoms with Gasteiger partial charge in [-0.15, -0.1) is 11.3 Å². The van der Waals surface area contributed by atoms with Gasteiger partial charge in [-0.2, -0.15) is 5.10 Å². The van der Waals surface area contributed by atoms with E-state index in [-0.39, 0.29) is 12.0 Å². The number of aromatic nitrogens is 2. The fourth-order valence-electron chi connectivity index (χ4n) is 3.07. The molecule has 1 aliphatic rings. The highest BCUT2D eigenvalue weighted by Gasteiger charge is 2.20. The van der Waals surface area contributed by atoms with Crippen molar-refractivity contribution in [3.05, 3.63) is 75.7 Å². The number of nitrogens with zero attached hydrogens (tertiary/aromatic N) is 2. The largest absolute Gasteiger partial charge is 0.373 e. The van der Waals surface area contributed by atoms with Gasteiger partial charge in [0.05, 0.1) is 23.7 Å². The van der Waals surface area contributed by atoms with E-state index in [2.05, 4.69) is 22.5 Å². The molecule has 26 heavy (non-hydrogen) atoms. The Morgan fingerprint density at radius 2 is 2.12 bits per heavy atom. The summed E-state index contributed by atoms with van der Waals surface area (Å²) in [6, 6.07) is 14.1. The van der Waals surface area contributed by atoms with Crippen molar-refractivity contribution < 1.29 is 9.53 Å². The van der Waals surface area contributed by atoms with Crippen LogP contribution in [0, 0.1) is 0 Å². The Morgan fingerprint density at radius 3 is 2.92 bits per heavy atom. The summed E-state index contributed by atoms with van der Waals surface area (Å²) in [6.07, 6.45) is 6.08. The maximum atomic E-state index is 12.4. The van der Waals surface area contributed by atoms with Gasteiger partial charge in [0.25, 0.3) is 5.91 Å². The molecule has 1 N–H and O–H groups in total. The summed E-state index contributed by atoms with van der Waals surface area (Å²) in [6.45, 7) is 2.02. The van der Waals surface area contributed by atoms with Gasteiger partial charge < -0.3 is 10.1 Å². The molecule has 0 saturated carbocycles. The minimum absolute atomic E-state index is 0.0462. The highest BCUT2D eigenvalue weighted by Crippen LogP contribution is 2.33. The van der Waals surface area contributed by atoms with Gasteiger partial charge >= 0.3 is 0 Å². The number of benzene rings is 1. The molecule has 2 aromatic heterocycles. The summed E-state index contributed by atoms with van der Waals surface area (Å²) >= 11 is 1.52. The van der Waals surface area contributed by atoms with E-state index in [0.29, 0.717) is 6.54 Å². The molecule has 1 unspecified atom stereocenters. The molecule has 1 fully saturated rings. The summed E-state index contributed by atoms with van der Waals surface area (Å²) in [5.41, 5.74) is 2.19. The first-order valence-corrected chi connectivity index (χ1v) is 9.64. The number of carbonyl (C=O) groups is 1. The van der Waals surface area contributed by atoms with Crippen molar-refractivity contribution in [1.82, 2.24) is 15.1 Å². The molecule has 1 amide bonds. The Labute approximate surface area is 156 Å². The molecule has 1 saturated heterocycles. The number of thiophene rings is 1. The lowest BCUT2D eigenvalue weighted by atomic mass is 10.2. The maximum absolute atomic E-state index is 12.4. The molecule has 1 atom stereocenters. The maximum Gasteiger partial charge on any atom is 0.261 e. The highest BCUT2D eigenvalue weighted by atomic mass is 32.1. The second-order valence-corrected chi connectivity index (χ2v) is 7.53. The lowest BCUT2D eigenvalue weighted by Crippen LogP contribution is -2.21. The number of ether oxygens (including phenoxy) is 1. The van der Waals surface area contributed by atoms with E-state index in [9.17, 15) is 4.79 Å². The van der Waals surface area contributed by atoms with Crippen LogP contribution in [0.25, 0.3) is 0 Å². The monoisotopic (exact) mass is 367 g/mol. The summed E-state index contributed by atoms with van der Waals surface area (Å²) in [4.78, 5) is 14.2. The molecule has 5 nitrogen and oxygen atoms in total. The number of nitrogens with one attached hydrogen (secondary N) is 1. The second kappa shape index (κ2) is 7.85. The first kappa shape index (κ1) is 17.0. The molecule has 0 radical (unpaired) electrons. The molecule has 1 aliphatic heterocycles. The number of hydrogen-bond donors (Lipinski definition) is 1. The average molecular weight is 367 g/mol. The fraction of sp³-hybridized carbons (Fsp3) is 0.300. The van der Waals surface area contributed by atoms with Crippen LogP contribution in [0.1, 0.15) is 44.6 Å². The Balaban J connectivity index is 1.32. The first-order chi connectivity index (χ1) is 12.8. The van der Waals surface area contributed by atoms with Crippen molar-refractivity contribution in [2.45, 2.75) is 32.0 Å². The van der Waals surface area contributed by atoms with Crippen LogP contribution in [0.2, 0.25) is 0 Å². The van der Waals surface area contributed by atoms with E-state index in [0.717, 1.165) is 41.3 Å². The second-order valence-electron chi connectivity index (χ2n) is 6.42. The van der Waals surface area contributed by atoms with Crippen LogP contribution < -0.4 is 5.32 Å². The minimum atomic E-state index is -0.0462. The highest BCUT2D eigenvalue weighted by molar-refractivity contribution is 7.14. The van der Waals surface area contributed by atoms with Crippen molar-refractivity contribution >= 4 is 17.2 Å². The zero-order chi connectivity index (χ0) is 17.8. The molecular formula is C20H21N3O2S. The molecule has 134 valence electrons. The normalized spacial score (nSPS) is 16.7. The Hall–Kier alpha value is -2.44. The summed E-state index contributed by atoms with van der Waals surface area (Å²) in [5, 5.41) is 7.34. The van der Waals surface area contributed by atoms with Gasteiger partial charge in [0.15, 0.2) is 0 Å². The third-order valence-electron chi connectivity index (χ3n) is 4.42. The van der Waals surface area contributed by atoms with Gasteiger partial charge in [-0.05, 0) is 30.5 Å². The molecule has 3 aromatic rings. The molecule has 6 heteroatoms. The van der Waals surface area contributed by atoms with Crippen molar-refractivity contribution in [2.75, 3.05) is 6.61 Å². The van der Waals surface area contributed by atoms with Crippen LogP contribution in [-0.2, 0) is 17.8 Å². The van der Waals surface area contributed by atoms with Crippen molar-refractivity contribution in [1.29, 1.82) is 0 Å². The molecule has 3 heterocycles. The van der Waals surface area contributed by atoms with E-state index in [1.807, 2.05) is 41.2 Å². The molecule has 4 rings (SSSR count). The summed E-state index contributed by atoms with van der Waals surface area (Å²) in [7, 11) is 0. The van der Waals surface area contributed by atoms with Crippen LogP contribution in [0.4, 0.5) is 0 Å². The van der Waals surface area contributed by atoms with Gasteiger partial charge in [0.2, 0.25) is 0 Å². The van der Waals surface area contributed by atoms with Crippen LogP contribution in [0.3, 0.4) is 0 Å². The third-order valence-corrected chi connectivity index (χ3v) is 5.60. The van der Waals surface area contributed by atoms with Gasteiger partial charge in [-0.3, -0.25) is 9.48 Å². The van der Waals surface area contributed by atoms with E-state index in [1.165, 1.54) is 16.9 Å². The fourth-order valence-corrected chi connectivity index (χ4v) is 4.08. The van der Waals surface area contributed by atoms with E-state index >= 15 is 0 Å². The SMILES string of the molecule is O=C(NCc1cnn(Cc2ccccc2)c1)c1ccc(C2CCCO2)s1. The lowest BCUT2D eigenvalue weighted by Gasteiger charge is -2.05. The van der Waals surface area contributed by atoms with Crippen molar-refractivity contribution in [3.8, 4) is 0 Å². The number of carbonyl (C=O) groups excluding carboxylic acids is 1. The average Bonchev–Trinajstić information content (AvgIpc) is 3.41. The third kappa shape index (κ3) is 4.03.